The molecule has 52 heavy (non-hydrogen) atoms. The molecule has 11 aromatic rings. The SMILES string of the molecule is c1ccc(-c2cc(-c3cccc4c3[nH]c3cc(N(c5ccccc5)c5cccc6c5sc5ccccc56)ccc34)c3oc4ccccc4c3c2)cc1. The molecule has 0 bridgehead atoms. The number of benzene rings is 8. The summed E-state index contributed by atoms with van der Waals surface area (Å²) in [6, 6.07) is 63.0. The molecule has 0 unspecified atom stereocenters. The number of rotatable bonds is 5. The zero-order valence-corrected chi connectivity index (χ0v) is 28.8. The van der Waals surface area contributed by atoms with Gasteiger partial charge in [-0.2, -0.15) is 0 Å². The number of hydrogen-bond acceptors (Lipinski definition) is 3. The molecule has 0 amide bonds. The summed E-state index contributed by atoms with van der Waals surface area (Å²) >= 11 is 1.86. The van der Waals surface area contributed by atoms with Crippen LogP contribution >= 0.6 is 11.3 Å². The Morgan fingerprint density at radius 3 is 2.08 bits per heavy atom. The first-order valence-corrected chi connectivity index (χ1v) is 18.4. The van der Waals surface area contributed by atoms with Gasteiger partial charge >= 0.3 is 0 Å². The second kappa shape index (κ2) is 11.5. The molecule has 0 saturated heterocycles. The summed E-state index contributed by atoms with van der Waals surface area (Å²) in [6.07, 6.45) is 0. The van der Waals surface area contributed by atoms with Crippen LogP contribution in [0.3, 0.4) is 0 Å². The van der Waals surface area contributed by atoms with Crippen LogP contribution in [0.15, 0.2) is 180 Å². The first-order valence-electron chi connectivity index (χ1n) is 17.6. The van der Waals surface area contributed by atoms with Gasteiger partial charge in [0.1, 0.15) is 11.2 Å². The normalized spacial score (nSPS) is 11.8. The highest BCUT2D eigenvalue weighted by Gasteiger charge is 2.21. The smallest absolute Gasteiger partial charge is 0.143 e. The van der Waals surface area contributed by atoms with Gasteiger partial charge in [0.2, 0.25) is 0 Å². The Balaban J connectivity index is 1.13. The fourth-order valence-corrected chi connectivity index (χ4v) is 9.22. The lowest BCUT2D eigenvalue weighted by molar-refractivity contribution is 0.670. The Kier molecular flexibility index (Phi) is 6.42. The molecule has 1 N–H and O–H groups in total. The predicted octanol–water partition coefficient (Wildman–Crippen LogP) is 14.4. The minimum absolute atomic E-state index is 0.895. The van der Waals surface area contributed by atoms with Gasteiger partial charge in [0.25, 0.3) is 0 Å². The maximum atomic E-state index is 6.64. The van der Waals surface area contributed by atoms with E-state index in [9.17, 15) is 0 Å². The lowest BCUT2D eigenvalue weighted by Crippen LogP contribution is -2.09. The Labute approximate surface area is 303 Å². The topological polar surface area (TPSA) is 32.2 Å². The third kappa shape index (κ3) is 4.45. The molecule has 0 aliphatic carbocycles. The molecule has 11 rings (SSSR count). The van der Waals surface area contributed by atoms with Gasteiger partial charge in [0.15, 0.2) is 0 Å². The first-order chi connectivity index (χ1) is 25.8. The van der Waals surface area contributed by atoms with E-state index in [1.165, 1.54) is 47.8 Å². The maximum Gasteiger partial charge on any atom is 0.143 e. The second-order valence-corrected chi connectivity index (χ2v) is 14.4. The number of nitrogens with one attached hydrogen (secondary N) is 1. The number of aromatic amines is 1. The van der Waals surface area contributed by atoms with E-state index in [-0.39, 0.29) is 0 Å². The lowest BCUT2D eigenvalue weighted by Gasteiger charge is -2.26. The van der Waals surface area contributed by atoms with Crippen molar-refractivity contribution >= 4 is 92.3 Å². The van der Waals surface area contributed by atoms with Gasteiger partial charge in [0.05, 0.1) is 15.9 Å². The van der Waals surface area contributed by atoms with Gasteiger partial charge in [0, 0.05) is 65.0 Å². The summed E-state index contributed by atoms with van der Waals surface area (Å²) < 4.78 is 9.21. The van der Waals surface area contributed by atoms with Gasteiger partial charge < -0.3 is 14.3 Å². The molecular formula is C48H30N2OS. The zero-order valence-electron chi connectivity index (χ0n) is 28.0. The van der Waals surface area contributed by atoms with Crippen molar-refractivity contribution in [2.24, 2.45) is 0 Å². The molecule has 3 aromatic heterocycles. The number of hydrogen-bond donors (Lipinski definition) is 1. The van der Waals surface area contributed by atoms with Crippen LogP contribution in [0, 0.1) is 0 Å². The molecule has 3 heterocycles. The Hall–Kier alpha value is -6.62. The number of furan rings is 1. The van der Waals surface area contributed by atoms with Crippen molar-refractivity contribution in [3.8, 4) is 22.3 Å². The lowest BCUT2D eigenvalue weighted by atomic mass is 9.94. The number of anilines is 3. The highest BCUT2D eigenvalue weighted by molar-refractivity contribution is 7.26. The molecule has 0 atom stereocenters. The standard InChI is InChI=1S/C48H30N2OS/c1-3-13-30(14-4-1)31-27-40-35-17-7-9-23-44(35)51-47(40)41(28-31)38-20-11-19-37-34-26-25-33(29-42(34)49-46(37)38)50(32-15-5-2-6-16-32)43-22-12-21-39-36-18-8-10-24-45(36)52-48(39)43/h1-29,49H. The molecule has 0 fully saturated rings. The van der Waals surface area contributed by atoms with Crippen LogP contribution < -0.4 is 4.90 Å². The number of H-pyrrole nitrogens is 1. The van der Waals surface area contributed by atoms with Crippen molar-refractivity contribution in [2.45, 2.75) is 0 Å². The molecule has 0 spiro atoms. The summed E-state index contributed by atoms with van der Waals surface area (Å²) in [5.41, 5.74) is 11.9. The number of nitrogens with zero attached hydrogens (tertiary/aromatic N) is 1. The summed E-state index contributed by atoms with van der Waals surface area (Å²) in [4.78, 5) is 6.29. The van der Waals surface area contributed by atoms with Crippen LogP contribution in [0.25, 0.3) is 86.2 Å². The average Bonchev–Trinajstić information content (AvgIpc) is 3.90. The van der Waals surface area contributed by atoms with Crippen LogP contribution in [0.4, 0.5) is 17.1 Å². The molecule has 4 heteroatoms. The number of para-hydroxylation sites is 3. The number of fused-ring (bicyclic) bond motifs is 9. The van der Waals surface area contributed by atoms with Gasteiger partial charge in [-0.3, -0.25) is 0 Å². The van der Waals surface area contributed by atoms with Crippen molar-refractivity contribution < 1.29 is 4.42 Å². The monoisotopic (exact) mass is 682 g/mol. The minimum atomic E-state index is 0.895. The van der Waals surface area contributed by atoms with Gasteiger partial charge in [-0.25, -0.2) is 0 Å². The third-order valence-electron chi connectivity index (χ3n) is 10.4. The molecule has 244 valence electrons. The second-order valence-electron chi connectivity index (χ2n) is 13.4. The van der Waals surface area contributed by atoms with E-state index in [0.717, 1.165) is 55.5 Å². The van der Waals surface area contributed by atoms with Crippen LogP contribution in [-0.2, 0) is 0 Å². The minimum Gasteiger partial charge on any atom is -0.455 e. The quantitative estimate of drug-likeness (QED) is 0.196. The van der Waals surface area contributed by atoms with E-state index in [2.05, 4.69) is 180 Å². The van der Waals surface area contributed by atoms with E-state index in [0.29, 0.717) is 0 Å². The summed E-state index contributed by atoms with van der Waals surface area (Å²) in [7, 11) is 0. The van der Waals surface area contributed by atoms with Crippen molar-refractivity contribution in [1.82, 2.24) is 4.98 Å². The highest BCUT2D eigenvalue weighted by Crippen LogP contribution is 2.46. The van der Waals surface area contributed by atoms with Gasteiger partial charge in [-0.05, 0) is 65.7 Å². The Bertz CT molecular complexity index is 3130. The fraction of sp³-hybridized carbons (Fsp3) is 0. The highest BCUT2D eigenvalue weighted by atomic mass is 32.1. The average molecular weight is 683 g/mol. The van der Waals surface area contributed by atoms with Crippen LogP contribution in [-0.4, -0.2) is 4.98 Å². The van der Waals surface area contributed by atoms with Crippen molar-refractivity contribution in [2.75, 3.05) is 4.90 Å². The molecule has 0 radical (unpaired) electrons. The van der Waals surface area contributed by atoms with Crippen molar-refractivity contribution in [3.05, 3.63) is 176 Å². The van der Waals surface area contributed by atoms with E-state index in [1.807, 2.05) is 17.4 Å². The zero-order chi connectivity index (χ0) is 34.2. The van der Waals surface area contributed by atoms with E-state index in [4.69, 9.17) is 4.42 Å². The van der Waals surface area contributed by atoms with Crippen LogP contribution in [0.2, 0.25) is 0 Å². The molecule has 0 saturated carbocycles. The Morgan fingerprint density at radius 1 is 0.462 bits per heavy atom. The fourth-order valence-electron chi connectivity index (χ4n) is 8.02. The van der Waals surface area contributed by atoms with Gasteiger partial charge in [-0.1, -0.05) is 121 Å². The van der Waals surface area contributed by atoms with E-state index >= 15 is 0 Å². The summed E-state index contributed by atoms with van der Waals surface area (Å²) in [5.74, 6) is 0. The van der Waals surface area contributed by atoms with Crippen LogP contribution in [0.1, 0.15) is 0 Å². The Morgan fingerprint density at radius 2 is 1.19 bits per heavy atom. The largest absolute Gasteiger partial charge is 0.455 e. The third-order valence-corrected chi connectivity index (χ3v) is 11.6. The van der Waals surface area contributed by atoms with Crippen LogP contribution in [0.5, 0.6) is 0 Å². The number of aromatic nitrogens is 1. The van der Waals surface area contributed by atoms with Crippen molar-refractivity contribution in [1.29, 1.82) is 0 Å². The predicted molar refractivity (Wildman–Crippen MR) is 222 cm³/mol. The van der Waals surface area contributed by atoms with E-state index in [1.54, 1.807) is 0 Å². The van der Waals surface area contributed by atoms with Gasteiger partial charge in [-0.15, -0.1) is 11.3 Å². The summed E-state index contributed by atoms with van der Waals surface area (Å²) in [5, 5.41) is 7.20. The van der Waals surface area contributed by atoms with Crippen molar-refractivity contribution in [3.63, 3.8) is 0 Å². The molecule has 0 aliphatic heterocycles. The molecular weight excluding hydrogens is 653 g/mol. The maximum absolute atomic E-state index is 6.64. The summed E-state index contributed by atoms with van der Waals surface area (Å²) in [6.45, 7) is 0. The molecule has 0 aliphatic rings. The van der Waals surface area contributed by atoms with E-state index < -0.39 is 0 Å². The first kappa shape index (κ1) is 29.1. The molecule has 8 aromatic carbocycles. The molecule has 3 nitrogen and oxygen atoms in total. The number of thiophene rings is 1.